The Kier molecular flexibility index (Phi) is 5.42. The molecule has 0 spiro atoms. The van der Waals surface area contributed by atoms with Gasteiger partial charge in [0.05, 0.1) is 12.6 Å². The summed E-state index contributed by atoms with van der Waals surface area (Å²) in [5.74, 6) is 2.30. The minimum atomic E-state index is 0.145. The number of aliphatic imine (C=N–C) groups is 1. The van der Waals surface area contributed by atoms with Crippen molar-refractivity contribution in [3.05, 3.63) is 23.9 Å². The first-order chi connectivity index (χ1) is 10.1. The minimum absolute atomic E-state index is 0.145. The maximum absolute atomic E-state index is 5.53. The summed E-state index contributed by atoms with van der Waals surface area (Å²) in [6.07, 6.45) is 3.20. The summed E-state index contributed by atoms with van der Waals surface area (Å²) in [6.45, 7) is 9.80. The van der Waals surface area contributed by atoms with Gasteiger partial charge in [0.25, 0.3) is 0 Å². The zero-order chi connectivity index (χ0) is 15.2. The van der Waals surface area contributed by atoms with Crippen molar-refractivity contribution in [2.75, 3.05) is 6.54 Å². The van der Waals surface area contributed by atoms with Gasteiger partial charge in [0.2, 0.25) is 5.88 Å². The van der Waals surface area contributed by atoms with E-state index in [1.165, 1.54) is 6.42 Å². The highest BCUT2D eigenvalue weighted by Crippen LogP contribution is 2.28. The molecule has 1 aromatic heterocycles. The molecule has 0 aliphatic heterocycles. The van der Waals surface area contributed by atoms with Crippen LogP contribution < -0.4 is 15.4 Å². The third-order valence-corrected chi connectivity index (χ3v) is 3.35. The molecule has 1 aliphatic carbocycles. The maximum atomic E-state index is 5.53. The molecule has 5 nitrogen and oxygen atoms in total. The maximum Gasteiger partial charge on any atom is 0.213 e. The Balaban J connectivity index is 1.90. The van der Waals surface area contributed by atoms with Gasteiger partial charge in [-0.3, -0.25) is 0 Å². The summed E-state index contributed by atoms with van der Waals surface area (Å²) in [5, 5.41) is 6.72. The van der Waals surface area contributed by atoms with Gasteiger partial charge < -0.3 is 15.4 Å². The molecular formula is C16H26N4O. The number of nitrogens with zero attached hydrogens (tertiary/aromatic N) is 2. The Morgan fingerprint density at radius 3 is 2.76 bits per heavy atom. The van der Waals surface area contributed by atoms with E-state index in [0.717, 1.165) is 24.0 Å². The third kappa shape index (κ3) is 5.25. The molecule has 0 bridgehead atoms. The second-order valence-corrected chi connectivity index (χ2v) is 5.83. The van der Waals surface area contributed by atoms with Crippen LogP contribution in [0.1, 0.15) is 39.7 Å². The quantitative estimate of drug-likeness (QED) is 0.623. The van der Waals surface area contributed by atoms with Gasteiger partial charge in [0.15, 0.2) is 5.96 Å². The summed E-state index contributed by atoms with van der Waals surface area (Å²) in [7, 11) is 0. The van der Waals surface area contributed by atoms with E-state index in [2.05, 4.69) is 34.5 Å². The van der Waals surface area contributed by atoms with Crippen molar-refractivity contribution in [1.29, 1.82) is 0 Å². The van der Waals surface area contributed by atoms with Crippen molar-refractivity contribution < 1.29 is 4.74 Å². The first-order valence-corrected chi connectivity index (χ1v) is 7.75. The van der Waals surface area contributed by atoms with Crippen molar-refractivity contribution in [1.82, 2.24) is 15.6 Å². The van der Waals surface area contributed by atoms with Crippen LogP contribution >= 0.6 is 0 Å². The molecule has 1 saturated carbocycles. The molecule has 1 fully saturated rings. The predicted octanol–water partition coefficient (Wildman–Crippen LogP) is 2.33. The van der Waals surface area contributed by atoms with Crippen LogP contribution in [-0.2, 0) is 6.54 Å². The second kappa shape index (κ2) is 7.29. The van der Waals surface area contributed by atoms with Crippen LogP contribution in [0.5, 0.6) is 5.88 Å². The van der Waals surface area contributed by atoms with Gasteiger partial charge in [-0.1, -0.05) is 13.0 Å². The van der Waals surface area contributed by atoms with E-state index < -0.39 is 0 Å². The SMILES string of the molecule is CCNC(=NCc1ccc(OC(C)C)nc1)NC1CC1C. The standard InChI is InChI=1S/C16H26N4O/c1-5-17-16(20-14-8-12(14)4)19-10-13-6-7-15(18-9-13)21-11(2)3/h6-7,9,11-12,14H,5,8,10H2,1-4H3,(H2,17,19,20). The highest BCUT2D eigenvalue weighted by Gasteiger charge is 2.33. The number of hydrogen-bond donors (Lipinski definition) is 2. The highest BCUT2D eigenvalue weighted by molar-refractivity contribution is 5.80. The molecule has 0 amide bonds. The molecular weight excluding hydrogens is 264 g/mol. The van der Waals surface area contributed by atoms with Gasteiger partial charge in [-0.15, -0.1) is 0 Å². The zero-order valence-corrected chi connectivity index (χ0v) is 13.4. The lowest BCUT2D eigenvalue weighted by Gasteiger charge is -2.11. The van der Waals surface area contributed by atoms with E-state index in [1.807, 2.05) is 32.2 Å². The lowest BCUT2D eigenvalue weighted by atomic mass is 10.3. The Labute approximate surface area is 127 Å². The van der Waals surface area contributed by atoms with Gasteiger partial charge >= 0.3 is 0 Å². The van der Waals surface area contributed by atoms with E-state index in [4.69, 9.17) is 4.74 Å². The second-order valence-electron chi connectivity index (χ2n) is 5.83. The van der Waals surface area contributed by atoms with Crippen LogP contribution in [0.15, 0.2) is 23.3 Å². The predicted molar refractivity (Wildman–Crippen MR) is 85.5 cm³/mol. The van der Waals surface area contributed by atoms with Gasteiger partial charge in [0, 0.05) is 24.8 Å². The number of ether oxygens (including phenoxy) is 1. The van der Waals surface area contributed by atoms with Crippen molar-refractivity contribution in [3.8, 4) is 5.88 Å². The molecule has 0 aromatic carbocycles. The molecule has 0 radical (unpaired) electrons. The van der Waals surface area contributed by atoms with Crippen LogP contribution in [0.25, 0.3) is 0 Å². The fourth-order valence-corrected chi connectivity index (χ4v) is 2.00. The topological polar surface area (TPSA) is 58.5 Å². The lowest BCUT2D eigenvalue weighted by molar-refractivity contribution is 0.232. The lowest BCUT2D eigenvalue weighted by Crippen LogP contribution is -2.39. The molecule has 5 heteroatoms. The largest absolute Gasteiger partial charge is 0.475 e. The average molecular weight is 290 g/mol. The van der Waals surface area contributed by atoms with Crippen LogP contribution in [0.2, 0.25) is 0 Å². The molecule has 116 valence electrons. The summed E-state index contributed by atoms with van der Waals surface area (Å²) in [5.41, 5.74) is 1.08. The third-order valence-electron chi connectivity index (χ3n) is 3.35. The van der Waals surface area contributed by atoms with E-state index in [1.54, 1.807) is 0 Å². The molecule has 2 atom stereocenters. The Bertz CT molecular complexity index is 470. The molecule has 2 rings (SSSR count). The van der Waals surface area contributed by atoms with Crippen molar-refractivity contribution in [2.24, 2.45) is 10.9 Å². The smallest absolute Gasteiger partial charge is 0.213 e. The Morgan fingerprint density at radius 1 is 1.48 bits per heavy atom. The molecule has 1 aromatic rings. The van der Waals surface area contributed by atoms with Crippen molar-refractivity contribution in [2.45, 2.75) is 52.8 Å². The molecule has 2 unspecified atom stereocenters. The first-order valence-electron chi connectivity index (χ1n) is 7.75. The summed E-state index contributed by atoms with van der Waals surface area (Å²) >= 11 is 0. The summed E-state index contributed by atoms with van der Waals surface area (Å²) in [6, 6.07) is 4.48. The van der Waals surface area contributed by atoms with Gasteiger partial charge in [0.1, 0.15) is 0 Å². The fourth-order valence-electron chi connectivity index (χ4n) is 2.00. The van der Waals surface area contributed by atoms with E-state index in [9.17, 15) is 0 Å². The van der Waals surface area contributed by atoms with E-state index in [0.29, 0.717) is 18.5 Å². The van der Waals surface area contributed by atoms with E-state index in [-0.39, 0.29) is 6.10 Å². The zero-order valence-electron chi connectivity index (χ0n) is 13.4. The monoisotopic (exact) mass is 290 g/mol. The van der Waals surface area contributed by atoms with Crippen LogP contribution in [-0.4, -0.2) is 29.6 Å². The number of nitrogens with one attached hydrogen (secondary N) is 2. The van der Waals surface area contributed by atoms with Crippen molar-refractivity contribution >= 4 is 5.96 Å². The van der Waals surface area contributed by atoms with Crippen molar-refractivity contribution in [3.63, 3.8) is 0 Å². The molecule has 21 heavy (non-hydrogen) atoms. The summed E-state index contributed by atoms with van der Waals surface area (Å²) in [4.78, 5) is 8.90. The van der Waals surface area contributed by atoms with Crippen LogP contribution in [0, 0.1) is 5.92 Å². The first kappa shape index (κ1) is 15.6. The average Bonchev–Trinajstić information content (AvgIpc) is 3.13. The Morgan fingerprint density at radius 2 is 2.24 bits per heavy atom. The fraction of sp³-hybridized carbons (Fsp3) is 0.625. The molecule has 1 aliphatic rings. The van der Waals surface area contributed by atoms with Gasteiger partial charge in [-0.25, -0.2) is 9.98 Å². The normalized spacial score (nSPS) is 21.3. The number of pyridine rings is 1. The number of guanidine groups is 1. The minimum Gasteiger partial charge on any atom is -0.475 e. The molecule has 2 N–H and O–H groups in total. The highest BCUT2D eigenvalue weighted by atomic mass is 16.5. The number of aromatic nitrogens is 1. The summed E-state index contributed by atoms with van der Waals surface area (Å²) < 4.78 is 5.53. The Hall–Kier alpha value is -1.78. The van der Waals surface area contributed by atoms with E-state index >= 15 is 0 Å². The number of rotatable bonds is 6. The van der Waals surface area contributed by atoms with Gasteiger partial charge in [-0.2, -0.15) is 0 Å². The molecule has 1 heterocycles. The van der Waals surface area contributed by atoms with Gasteiger partial charge in [-0.05, 0) is 38.7 Å². The molecule has 0 saturated heterocycles. The van der Waals surface area contributed by atoms with Crippen LogP contribution in [0.3, 0.4) is 0 Å². The number of hydrogen-bond acceptors (Lipinski definition) is 3. The van der Waals surface area contributed by atoms with Crippen LogP contribution in [0.4, 0.5) is 0 Å².